The minimum absolute atomic E-state index is 0.313. The number of pyridine rings is 2. The number of unbranched alkanes of at least 4 members (excludes halogenated alkanes) is 2. The van der Waals surface area contributed by atoms with Crippen LogP contribution in [0.5, 0.6) is 0 Å². The van der Waals surface area contributed by atoms with Crippen LogP contribution in [0.15, 0.2) is 89.8 Å². The normalized spacial score (nSPS) is 11.7. The number of fused-ring (bicyclic) bond motifs is 1. The Morgan fingerprint density at radius 2 is 1.23 bits per heavy atom. The number of rotatable bonds is 19. The van der Waals surface area contributed by atoms with E-state index in [0.717, 1.165) is 71.9 Å². The van der Waals surface area contributed by atoms with Crippen LogP contribution in [0.1, 0.15) is 59.3 Å². The van der Waals surface area contributed by atoms with E-state index in [0.29, 0.717) is 49.5 Å². The third kappa shape index (κ3) is 8.84. The molecule has 47 heavy (non-hydrogen) atoms. The van der Waals surface area contributed by atoms with Gasteiger partial charge in [-0.3, -0.25) is 4.79 Å². The molecule has 0 aliphatic carbocycles. The second-order valence-electron chi connectivity index (χ2n) is 11.4. The van der Waals surface area contributed by atoms with Crippen LogP contribution in [0.2, 0.25) is 6.04 Å². The van der Waals surface area contributed by atoms with E-state index in [1.807, 2.05) is 69.3 Å². The summed E-state index contributed by atoms with van der Waals surface area (Å²) in [5.41, 5.74) is 6.68. The Hall–Kier alpha value is -4.09. The van der Waals surface area contributed by atoms with Crippen LogP contribution < -0.4 is 4.57 Å². The standard InChI is InChI=1S/C37H45N4O5Si/c1-4-43-47(44-5-2,45-6-3)28-16-14-22-32(42)21-13-15-25-41-26-23-31(24-27-41)34-33(29-17-9-7-10-18-29)36-37(40-46-39-36)35(38-34)30-19-11-8-12-20-30/h7-12,17-20,23-24,26-27H,4-6,13-16,21-22,25,28H2,1-3H3/q+1. The highest BCUT2D eigenvalue weighted by Crippen LogP contribution is 2.39. The fourth-order valence-corrected chi connectivity index (χ4v) is 8.58. The average Bonchev–Trinajstić information content (AvgIpc) is 3.59. The van der Waals surface area contributed by atoms with Gasteiger partial charge in [-0.25, -0.2) is 14.2 Å². The van der Waals surface area contributed by atoms with Crippen LogP contribution in [0.3, 0.4) is 0 Å². The lowest BCUT2D eigenvalue weighted by Gasteiger charge is -2.28. The molecule has 0 saturated carbocycles. The summed E-state index contributed by atoms with van der Waals surface area (Å²) in [5.74, 6) is 0.313. The molecule has 0 spiro atoms. The first-order chi connectivity index (χ1) is 23.1. The zero-order valence-electron chi connectivity index (χ0n) is 27.7. The molecule has 9 nitrogen and oxygen atoms in total. The van der Waals surface area contributed by atoms with E-state index in [9.17, 15) is 4.79 Å². The molecule has 0 amide bonds. The number of hydrogen-bond acceptors (Lipinski definition) is 8. The molecule has 5 rings (SSSR count). The Morgan fingerprint density at radius 1 is 0.681 bits per heavy atom. The molecule has 0 aliphatic rings. The van der Waals surface area contributed by atoms with Crippen molar-refractivity contribution in [3.63, 3.8) is 0 Å². The molecule has 0 bridgehead atoms. The number of carbonyl (C=O) groups excluding carboxylic acids is 1. The highest BCUT2D eigenvalue weighted by Gasteiger charge is 2.39. The monoisotopic (exact) mass is 653 g/mol. The molecule has 246 valence electrons. The van der Waals surface area contributed by atoms with Crippen LogP contribution in [-0.2, 0) is 24.6 Å². The summed E-state index contributed by atoms with van der Waals surface area (Å²) in [4.78, 5) is 17.8. The smallest absolute Gasteiger partial charge is 0.374 e. The summed E-state index contributed by atoms with van der Waals surface area (Å²) in [6.45, 7) is 8.45. The lowest BCUT2D eigenvalue weighted by molar-refractivity contribution is -0.697. The molecular weight excluding hydrogens is 609 g/mol. The van der Waals surface area contributed by atoms with Crippen molar-refractivity contribution in [1.29, 1.82) is 0 Å². The fraction of sp³-hybridized carbons (Fsp3) is 0.378. The molecule has 0 atom stereocenters. The van der Waals surface area contributed by atoms with Gasteiger partial charge < -0.3 is 13.3 Å². The average molecular weight is 654 g/mol. The SMILES string of the molecule is CCO[Si](CCCCC(=O)CCCC[n+]1ccc(-c2nc(-c3ccccc3)c3nonc3c2-c2ccccc2)cc1)(OCC)OCC. The Morgan fingerprint density at radius 3 is 1.85 bits per heavy atom. The van der Waals surface area contributed by atoms with Gasteiger partial charge in [0, 0.05) is 74.0 Å². The molecule has 0 radical (unpaired) electrons. The minimum atomic E-state index is -2.64. The third-order valence-electron chi connectivity index (χ3n) is 8.09. The van der Waals surface area contributed by atoms with E-state index in [4.69, 9.17) is 22.9 Å². The first-order valence-corrected chi connectivity index (χ1v) is 18.7. The number of ketones is 1. The van der Waals surface area contributed by atoms with E-state index in [2.05, 4.69) is 51.5 Å². The third-order valence-corrected chi connectivity index (χ3v) is 11.2. The van der Waals surface area contributed by atoms with Crippen molar-refractivity contribution < 1.29 is 27.3 Å². The number of aryl methyl sites for hydroxylation is 1. The van der Waals surface area contributed by atoms with Crippen molar-refractivity contribution in [3.8, 4) is 33.6 Å². The van der Waals surface area contributed by atoms with Gasteiger partial charge in [0.15, 0.2) is 17.9 Å². The summed E-state index contributed by atoms with van der Waals surface area (Å²) in [7, 11) is -2.64. The van der Waals surface area contributed by atoms with Crippen molar-refractivity contribution >= 4 is 25.6 Å². The van der Waals surface area contributed by atoms with Crippen LogP contribution in [0, 0.1) is 0 Å². The van der Waals surface area contributed by atoms with Gasteiger partial charge in [0.05, 0.1) is 5.69 Å². The van der Waals surface area contributed by atoms with Crippen LogP contribution in [0.25, 0.3) is 44.7 Å². The second-order valence-corrected chi connectivity index (χ2v) is 14.1. The lowest BCUT2D eigenvalue weighted by atomic mass is 9.96. The topological polar surface area (TPSA) is 100 Å². The maximum Gasteiger partial charge on any atom is 0.500 e. The fourth-order valence-electron chi connectivity index (χ4n) is 5.90. The van der Waals surface area contributed by atoms with Crippen molar-refractivity contribution in [1.82, 2.24) is 15.3 Å². The molecule has 5 aromatic rings. The lowest BCUT2D eigenvalue weighted by Crippen LogP contribution is -2.45. The Labute approximate surface area is 278 Å². The maximum absolute atomic E-state index is 12.6. The van der Waals surface area contributed by atoms with Gasteiger partial charge >= 0.3 is 8.80 Å². The van der Waals surface area contributed by atoms with Crippen LogP contribution in [0.4, 0.5) is 0 Å². The molecule has 3 heterocycles. The summed E-state index contributed by atoms with van der Waals surface area (Å²) in [6.07, 6.45) is 8.82. The molecular formula is C37H45N4O5Si+. The van der Waals surface area contributed by atoms with Crippen molar-refractivity contribution in [3.05, 3.63) is 85.2 Å². The molecule has 0 saturated heterocycles. The molecule has 0 N–H and O–H groups in total. The number of benzene rings is 2. The molecule has 0 unspecified atom stereocenters. The zero-order chi connectivity index (χ0) is 32.9. The Kier molecular flexibility index (Phi) is 12.5. The van der Waals surface area contributed by atoms with Gasteiger partial charge in [-0.05, 0) is 55.9 Å². The molecule has 0 fully saturated rings. The summed E-state index contributed by atoms with van der Waals surface area (Å²) >= 11 is 0. The predicted octanol–water partition coefficient (Wildman–Crippen LogP) is 7.86. The maximum atomic E-state index is 12.6. The van der Waals surface area contributed by atoms with Gasteiger partial charge in [-0.2, -0.15) is 0 Å². The van der Waals surface area contributed by atoms with E-state index in [1.165, 1.54) is 0 Å². The summed E-state index contributed by atoms with van der Waals surface area (Å²) < 4.78 is 25.2. The summed E-state index contributed by atoms with van der Waals surface area (Å²) in [6, 6.07) is 25.0. The van der Waals surface area contributed by atoms with Crippen molar-refractivity contribution in [2.75, 3.05) is 19.8 Å². The van der Waals surface area contributed by atoms with Crippen LogP contribution >= 0.6 is 0 Å². The predicted molar refractivity (Wildman–Crippen MR) is 184 cm³/mol. The molecule has 0 aliphatic heterocycles. The highest BCUT2D eigenvalue weighted by atomic mass is 28.4. The van der Waals surface area contributed by atoms with Crippen molar-refractivity contribution in [2.45, 2.75) is 71.9 Å². The van der Waals surface area contributed by atoms with Gasteiger partial charge in [0.1, 0.15) is 23.5 Å². The number of aromatic nitrogens is 4. The number of nitrogens with zero attached hydrogens (tertiary/aromatic N) is 4. The zero-order valence-corrected chi connectivity index (χ0v) is 28.7. The van der Waals surface area contributed by atoms with Crippen molar-refractivity contribution in [2.24, 2.45) is 0 Å². The quantitative estimate of drug-likeness (QED) is 0.0504. The molecule has 10 heteroatoms. The van der Waals surface area contributed by atoms with Gasteiger partial charge in [-0.15, -0.1) is 0 Å². The highest BCUT2D eigenvalue weighted by molar-refractivity contribution is 6.60. The number of hydrogen-bond donors (Lipinski definition) is 0. The molecule has 2 aromatic carbocycles. The van der Waals surface area contributed by atoms with Gasteiger partial charge in [-0.1, -0.05) is 60.7 Å². The Bertz CT molecular complexity index is 1680. The van der Waals surface area contributed by atoms with E-state index >= 15 is 0 Å². The first-order valence-electron chi connectivity index (χ1n) is 16.8. The van der Waals surface area contributed by atoms with Crippen LogP contribution in [-0.4, -0.2) is 49.7 Å². The van der Waals surface area contributed by atoms with Gasteiger partial charge in [0.2, 0.25) is 0 Å². The first kappa shape index (κ1) is 34.2. The summed E-state index contributed by atoms with van der Waals surface area (Å²) in [5, 5.41) is 8.58. The van der Waals surface area contributed by atoms with E-state index < -0.39 is 8.80 Å². The second kappa shape index (κ2) is 17.2. The van der Waals surface area contributed by atoms with E-state index in [1.54, 1.807) is 0 Å². The van der Waals surface area contributed by atoms with E-state index in [-0.39, 0.29) is 0 Å². The Balaban J connectivity index is 1.20. The molecule has 3 aromatic heterocycles. The number of Topliss-reactive ketones (excluding diaryl/α,β-unsaturated/α-hetero) is 1. The van der Waals surface area contributed by atoms with Gasteiger partial charge in [0.25, 0.3) is 0 Å². The number of carbonyl (C=O) groups is 1. The largest absolute Gasteiger partial charge is 0.500 e. The minimum Gasteiger partial charge on any atom is -0.374 e.